The Hall–Kier alpha value is -2.21. The number of halogens is 1. The van der Waals surface area contributed by atoms with Crippen LogP contribution in [0.2, 0.25) is 5.02 Å². The van der Waals surface area contributed by atoms with E-state index in [2.05, 4.69) is 10.2 Å². The van der Waals surface area contributed by atoms with Gasteiger partial charge in [0.25, 0.3) is 0 Å². The number of rotatable bonds is 5. The molecule has 1 saturated carbocycles. The number of carboxylic acid groups (broad SMARTS) is 1. The van der Waals surface area contributed by atoms with Crippen LogP contribution >= 0.6 is 11.6 Å². The van der Waals surface area contributed by atoms with Crippen LogP contribution in [0.25, 0.3) is 11.3 Å². The Morgan fingerprint density at radius 1 is 1.43 bits per heavy atom. The second-order valence-corrected chi connectivity index (χ2v) is 5.19. The highest BCUT2D eigenvalue weighted by atomic mass is 35.5. The van der Waals surface area contributed by atoms with Gasteiger partial charge in [-0.2, -0.15) is 5.10 Å². The summed E-state index contributed by atoms with van der Waals surface area (Å²) in [6, 6.07) is 4.85. The van der Waals surface area contributed by atoms with Gasteiger partial charge in [0.05, 0.1) is 23.9 Å². The van der Waals surface area contributed by atoms with Crippen molar-refractivity contribution in [2.75, 3.05) is 7.11 Å². The fraction of sp³-hybridized carbons (Fsp3) is 0.286. The summed E-state index contributed by atoms with van der Waals surface area (Å²) in [5, 5.41) is 15.7. The van der Waals surface area contributed by atoms with Crippen molar-refractivity contribution in [1.82, 2.24) is 10.2 Å². The van der Waals surface area contributed by atoms with Crippen LogP contribution in [0, 0.1) is 0 Å². The average molecular weight is 309 g/mol. The Morgan fingerprint density at radius 3 is 2.76 bits per heavy atom. The van der Waals surface area contributed by atoms with Crippen LogP contribution in [0.5, 0.6) is 11.5 Å². The van der Waals surface area contributed by atoms with Crippen LogP contribution in [-0.2, 0) is 0 Å². The fourth-order valence-corrected chi connectivity index (χ4v) is 2.17. The van der Waals surface area contributed by atoms with E-state index in [0.29, 0.717) is 27.8 Å². The van der Waals surface area contributed by atoms with E-state index in [4.69, 9.17) is 26.2 Å². The number of ether oxygens (including phenoxy) is 2. The maximum Gasteiger partial charge on any atom is 0.353 e. The van der Waals surface area contributed by atoms with Crippen molar-refractivity contribution in [3.05, 3.63) is 28.9 Å². The summed E-state index contributed by atoms with van der Waals surface area (Å²) in [6.45, 7) is 0. The number of carbonyl (C=O) groups is 1. The minimum atomic E-state index is -1.07. The van der Waals surface area contributed by atoms with Crippen LogP contribution in [0.3, 0.4) is 0 Å². The number of nitrogens with one attached hydrogen (secondary N) is 1. The zero-order chi connectivity index (χ0) is 15.0. The number of aromatic amines is 1. The number of aromatic nitrogens is 2. The molecule has 1 aliphatic rings. The molecule has 0 aliphatic heterocycles. The van der Waals surface area contributed by atoms with Crippen molar-refractivity contribution >= 4 is 17.6 Å². The topological polar surface area (TPSA) is 84.4 Å². The third-order valence-corrected chi connectivity index (χ3v) is 3.42. The minimum Gasteiger partial charge on any atom is -0.493 e. The monoisotopic (exact) mass is 308 g/mol. The number of methoxy groups -OCH3 is 1. The Balaban J connectivity index is 1.98. The molecule has 2 aromatic rings. The van der Waals surface area contributed by atoms with Gasteiger partial charge in [-0.25, -0.2) is 4.79 Å². The van der Waals surface area contributed by atoms with Gasteiger partial charge in [0.15, 0.2) is 11.5 Å². The smallest absolute Gasteiger partial charge is 0.353 e. The van der Waals surface area contributed by atoms with Crippen molar-refractivity contribution in [2.24, 2.45) is 0 Å². The van der Waals surface area contributed by atoms with Crippen LogP contribution in [0.1, 0.15) is 23.3 Å². The lowest BCUT2D eigenvalue weighted by Gasteiger charge is -2.13. The van der Waals surface area contributed by atoms with Crippen molar-refractivity contribution in [1.29, 1.82) is 0 Å². The summed E-state index contributed by atoms with van der Waals surface area (Å²) >= 11 is 6.25. The first kappa shape index (κ1) is 13.8. The van der Waals surface area contributed by atoms with E-state index in [0.717, 1.165) is 12.8 Å². The predicted octanol–water partition coefficient (Wildman–Crippen LogP) is 2.98. The molecule has 0 unspecified atom stereocenters. The lowest BCUT2D eigenvalue weighted by Crippen LogP contribution is -1.99. The molecule has 0 radical (unpaired) electrons. The Kier molecular flexibility index (Phi) is 3.47. The molecule has 3 rings (SSSR count). The van der Waals surface area contributed by atoms with Crippen LogP contribution in [0.4, 0.5) is 0 Å². The number of hydrogen-bond acceptors (Lipinski definition) is 4. The van der Waals surface area contributed by atoms with E-state index in [9.17, 15) is 4.79 Å². The molecule has 0 spiro atoms. The van der Waals surface area contributed by atoms with Gasteiger partial charge in [-0.05, 0) is 31.0 Å². The molecule has 0 bridgehead atoms. The molecule has 0 atom stereocenters. The highest BCUT2D eigenvalue weighted by Gasteiger charge is 2.26. The number of carboxylic acids is 1. The molecule has 110 valence electrons. The minimum absolute atomic E-state index is 0.0124. The molecular formula is C14H13ClN2O4. The lowest BCUT2D eigenvalue weighted by atomic mass is 10.1. The molecule has 1 aromatic carbocycles. The zero-order valence-electron chi connectivity index (χ0n) is 11.2. The highest BCUT2D eigenvalue weighted by Crippen LogP contribution is 2.42. The molecule has 6 nitrogen and oxygen atoms in total. The van der Waals surface area contributed by atoms with E-state index in [1.807, 2.05) is 0 Å². The van der Waals surface area contributed by atoms with E-state index in [1.54, 1.807) is 12.1 Å². The Labute approximate surface area is 125 Å². The number of benzene rings is 1. The van der Waals surface area contributed by atoms with Crippen LogP contribution in [0.15, 0.2) is 18.2 Å². The van der Waals surface area contributed by atoms with Crippen molar-refractivity contribution in [3.63, 3.8) is 0 Å². The molecule has 1 heterocycles. The normalized spacial score (nSPS) is 14.0. The van der Waals surface area contributed by atoms with Gasteiger partial charge in [-0.3, -0.25) is 5.10 Å². The van der Waals surface area contributed by atoms with Gasteiger partial charge in [0, 0.05) is 5.56 Å². The quantitative estimate of drug-likeness (QED) is 0.887. The first-order chi connectivity index (χ1) is 10.1. The first-order valence-electron chi connectivity index (χ1n) is 6.41. The van der Waals surface area contributed by atoms with E-state index >= 15 is 0 Å². The number of hydrogen-bond donors (Lipinski definition) is 2. The maximum atomic E-state index is 10.9. The zero-order valence-corrected chi connectivity index (χ0v) is 12.0. The molecule has 2 N–H and O–H groups in total. The summed E-state index contributed by atoms with van der Waals surface area (Å²) in [5.74, 6) is -0.0517. The third kappa shape index (κ3) is 2.80. The molecule has 1 aromatic heterocycles. The molecule has 1 fully saturated rings. The molecule has 0 saturated heterocycles. The lowest BCUT2D eigenvalue weighted by molar-refractivity contribution is 0.0690. The van der Waals surface area contributed by atoms with Gasteiger partial charge in [0.1, 0.15) is 5.69 Å². The second kappa shape index (κ2) is 5.29. The van der Waals surface area contributed by atoms with Crippen molar-refractivity contribution < 1.29 is 19.4 Å². The van der Waals surface area contributed by atoms with Crippen molar-refractivity contribution in [2.45, 2.75) is 18.9 Å². The molecule has 7 heteroatoms. The van der Waals surface area contributed by atoms with Gasteiger partial charge < -0.3 is 14.6 Å². The molecule has 21 heavy (non-hydrogen) atoms. The van der Waals surface area contributed by atoms with Crippen LogP contribution in [-0.4, -0.2) is 34.5 Å². The fourth-order valence-electron chi connectivity index (χ4n) is 1.91. The maximum absolute atomic E-state index is 10.9. The highest BCUT2D eigenvalue weighted by molar-refractivity contribution is 6.32. The number of H-pyrrole nitrogens is 1. The standard InChI is InChI=1S/C14H13ClN2O4/c1-20-12-5-7(10-6-11(14(18)19)17-16-10)4-9(15)13(12)21-8-2-3-8/h4-6,8H,2-3H2,1H3,(H,16,17)(H,18,19). The van der Waals surface area contributed by atoms with E-state index < -0.39 is 5.97 Å². The van der Waals surface area contributed by atoms with Gasteiger partial charge >= 0.3 is 5.97 Å². The van der Waals surface area contributed by atoms with Crippen LogP contribution < -0.4 is 9.47 Å². The second-order valence-electron chi connectivity index (χ2n) is 4.78. The van der Waals surface area contributed by atoms with Gasteiger partial charge in [-0.15, -0.1) is 0 Å². The number of aromatic carboxylic acids is 1. The first-order valence-corrected chi connectivity index (χ1v) is 6.79. The largest absolute Gasteiger partial charge is 0.493 e. The van der Waals surface area contributed by atoms with E-state index in [-0.39, 0.29) is 11.8 Å². The SMILES string of the molecule is COc1cc(-c2cc(C(=O)O)[nH]n2)cc(Cl)c1OC1CC1. The summed E-state index contributed by atoms with van der Waals surface area (Å²) in [5.41, 5.74) is 1.15. The van der Waals surface area contributed by atoms with Gasteiger partial charge in [-0.1, -0.05) is 11.6 Å². The molecule has 1 aliphatic carbocycles. The van der Waals surface area contributed by atoms with Crippen molar-refractivity contribution in [3.8, 4) is 22.8 Å². The molecule has 0 amide bonds. The summed E-state index contributed by atoms with van der Waals surface area (Å²) in [7, 11) is 1.53. The summed E-state index contributed by atoms with van der Waals surface area (Å²) in [4.78, 5) is 10.9. The molecular weight excluding hydrogens is 296 g/mol. The Bertz CT molecular complexity index is 694. The third-order valence-electron chi connectivity index (χ3n) is 3.14. The summed E-state index contributed by atoms with van der Waals surface area (Å²) < 4.78 is 11.0. The number of nitrogens with zero attached hydrogens (tertiary/aromatic N) is 1. The predicted molar refractivity (Wildman–Crippen MR) is 76.2 cm³/mol. The Morgan fingerprint density at radius 2 is 2.19 bits per heavy atom. The average Bonchev–Trinajstić information content (AvgIpc) is 3.13. The van der Waals surface area contributed by atoms with E-state index in [1.165, 1.54) is 13.2 Å². The summed E-state index contributed by atoms with van der Waals surface area (Å²) in [6.07, 6.45) is 2.23. The van der Waals surface area contributed by atoms with Gasteiger partial charge in [0.2, 0.25) is 0 Å².